The summed E-state index contributed by atoms with van der Waals surface area (Å²) in [4.78, 5) is 26.6. The van der Waals surface area contributed by atoms with Crippen LogP contribution in [0, 0.1) is 0 Å². The summed E-state index contributed by atoms with van der Waals surface area (Å²) in [6, 6.07) is 5.33. The van der Waals surface area contributed by atoms with Crippen LogP contribution in [0.1, 0.15) is 26.2 Å². The normalized spacial score (nSPS) is 16.8. The Morgan fingerprint density at radius 2 is 2.28 bits per heavy atom. The van der Waals surface area contributed by atoms with Crippen molar-refractivity contribution in [3.8, 4) is 0 Å². The van der Waals surface area contributed by atoms with Gasteiger partial charge in [0.05, 0.1) is 5.52 Å². The zero-order valence-corrected chi connectivity index (χ0v) is 15.7. The van der Waals surface area contributed by atoms with Crippen LogP contribution in [-0.4, -0.2) is 41.1 Å². The van der Waals surface area contributed by atoms with Gasteiger partial charge in [-0.15, -0.1) is 12.4 Å². The summed E-state index contributed by atoms with van der Waals surface area (Å²) in [5.74, 6) is -0.370. The summed E-state index contributed by atoms with van der Waals surface area (Å²) in [5, 5.41) is 3.81. The van der Waals surface area contributed by atoms with Crippen LogP contribution in [0.5, 0.6) is 0 Å². The maximum absolute atomic E-state index is 12.6. The maximum atomic E-state index is 12.6. The smallest absolute Gasteiger partial charge is 0.408 e. The first-order chi connectivity index (χ1) is 11.6. The lowest BCUT2D eigenvalue weighted by atomic mass is 10.2. The Balaban J connectivity index is 0.00000225. The first kappa shape index (κ1) is 19.8. The molecular weight excluding hydrogens is 365 g/mol. The minimum atomic E-state index is -0.454. The maximum Gasteiger partial charge on any atom is 0.419 e. The molecule has 1 aliphatic rings. The standard InChI is InChI=1S/C17H22ClN3O3.ClH/c1-2-8-20(13-5-7-19-11-13)16(22)6-9-21-14-4-3-12(18)10-15(14)24-17(21)23;/h3-4,10,13,19H,2,5-9,11H2,1H3;1H. The van der Waals surface area contributed by atoms with Gasteiger partial charge in [-0.05, 0) is 31.5 Å². The van der Waals surface area contributed by atoms with Gasteiger partial charge in [0.1, 0.15) is 0 Å². The Bertz CT molecular complexity index is 781. The Morgan fingerprint density at radius 3 is 2.96 bits per heavy atom. The molecule has 3 rings (SSSR count). The van der Waals surface area contributed by atoms with Gasteiger partial charge in [-0.3, -0.25) is 9.36 Å². The second kappa shape index (κ2) is 8.74. The van der Waals surface area contributed by atoms with E-state index in [1.54, 1.807) is 18.2 Å². The van der Waals surface area contributed by atoms with Gasteiger partial charge in [0.25, 0.3) is 0 Å². The van der Waals surface area contributed by atoms with E-state index in [0.717, 1.165) is 32.5 Å². The lowest BCUT2D eigenvalue weighted by molar-refractivity contribution is -0.133. The number of benzene rings is 1. The number of oxazole rings is 1. The van der Waals surface area contributed by atoms with Crippen molar-refractivity contribution in [1.29, 1.82) is 0 Å². The highest BCUT2D eigenvalue weighted by Gasteiger charge is 2.25. The molecule has 8 heteroatoms. The Labute approximate surface area is 157 Å². The topological polar surface area (TPSA) is 67.5 Å². The number of carbonyl (C=O) groups is 1. The number of fused-ring (bicyclic) bond motifs is 1. The zero-order valence-electron chi connectivity index (χ0n) is 14.2. The number of rotatable bonds is 6. The molecule has 1 aromatic carbocycles. The van der Waals surface area contributed by atoms with Gasteiger partial charge >= 0.3 is 5.76 Å². The summed E-state index contributed by atoms with van der Waals surface area (Å²) < 4.78 is 6.71. The van der Waals surface area contributed by atoms with Gasteiger partial charge in [0.15, 0.2) is 5.58 Å². The van der Waals surface area contributed by atoms with Crippen LogP contribution in [-0.2, 0) is 11.3 Å². The highest BCUT2D eigenvalue weighted by molar-refractivity contribution is 6.31. The van der Waals surface area contributed by atoms with E-state index >= 15 is 0 Å². The summed E-state index contributed by atoms with van der Waals surface area (Å²) >= 11 is 5.92. The van der Waals surface area contributed by atoms with E-state index in [1.807, 2.05) is 4.90 Å². The van der Waals surface area contributed by atoms with Crippen LogP contribution in [0.4, 0.5) is 0 Å². The molecule has 0 bridgehead atoms. The summed E-state index contributed by atoms with van der Waals surface area (Å²) in [6.07, 6.45) is 2.20. The van der Waals surface area contributed by atoms with Gasteiger partial charge < -0.3 is 14.6 Å². The van der Waals surface area contributed by atoms with Crippen molar-refractivity contribution in [1.82, 2.24) is 14.8 Å². The lowest BCUT2D eigenvalue weighted by Gasteiger charge is -2.28. The second-order valence-electron chi connectivity index (χ2n) is 6.12. The molecule has 1 N–H and O–H groups in total. The number of aromatic nitrogens is 1. The van der Waals surface area contributed by atoms with Gasteiger partial charge in [0, 0.05) is 43.2 Å². The summed E-state index contributed by atoms with van der Waals surface area (Å²) in [7, 11) is 0. The van der Waals surface area contributed by atoms with Crippen molar-refractivity contribution >= 4 is 41.0 Å². The third kappa shape index (κ3) is 4.37. The minimum Gasteiger partial charge on any atom is -0.408 e. The molecule has 1 saturated heterocycles. The largest absolute Gasteiger partial charge is 0.419 e. The molecule has 1 aromatic heterocycles. The molecule has 2 aromatic rings. The lowest BCUT2D eigenvalue weighted by Crippen LogP contribution is -2.42. The van der Waals surface area contributed by atoms with Gasteiger partial charge in [-0.1, -0.05) is 18.5 Å². The molecular formula is C17H23Cl2N3O3. The number of nitrogens with one attached hydrogen (secondary N) is 1. The molecule has 1 atom stereocenters. The average Bonchev–Trinajstić information content (AvgIpc) is 3.17. The van der Waals surface area contributed by atoms with Crippen molar-refractivity contribution in [2.45, 2.75) is 38.8 Å². The quantitative estimate of drug-likeness (QED) is 0.826. The van der Waals surface area contributed by atoms with Gasteiger partial charge in [0.2, 0.25) is 5.91 Å². The molecule has 1 unspecified atom stereocenters. The predicted octanol–water partition coefficient (Wildman–Crippen LogP) is 2.66. The molecule has 0 radical (unpaired) electrons. The third-order valence-corrected chi connectivity index (χ3v) is 4.67. The van der Waals surface area contributed by atoms with E-state index in [0.29, 0.717) is 22.7 Å². The zero-order chi connectivity index (χ0) is 17.1. The third-order valence-electron chi connectivity index (χ3n) is 4.44. The SMILES string of the molecule is CCCN(C(=O)CCn1c(=O)oc2cc(Cl)ccc21)C1CCNC1.Cl. The van der Waals surface area contributed by atoms with Crippen LogP contribution in [0.15, 0.2) is 27.4 Å². The van der Waals surface area contributed by atoms with Gasteiger partial charge in [-0.2, -0.15) is 0 Å². The number of nitrogens with zero attached hydrogens (tertiary/aromatic N) is 2. The van der Waals surface area contributed by atoms with E-state index in [2.05, 4.69) is 12.2 Å². The second-order valence-corrected chi connectivity index (χ2v) is 6.55. The van der Waals surface area contributed by atoms with Gasteiger partial charge in [-0.25, -0.2) is 4.79 Å². The Kier molecular flexibility index (Phi) is 6.93. The highest BCUT2D eigenvalue weighted by Crippen LogP contribution is 2.19. The van der Waals surface area contributed by atoms with E-state index in [-0.39, 0.29) is 30.8 Å². The molecule has 0 spiro atoms. The van der Waals surface area contributed by atoms with Crippen LogP contribution in [0.2, 0.25) is 5.02 Å². The van der Waals surface area contributed by atoms with Crippen molar-refractivity contribution in [3.63, 3.8) is 0 Å². The van der Waals surface area contributed by atoms with E-state index in [1.165, 1.54) is 4.57 Å². The molecule has 0 aliphatic carbocycles. The van der Waals surface area contributed by atoms with Crippen LogP contribution < -0.4 is 11.1 Å². The van der Waals surface area contributed by atoms with Crippen molar-refractivity contribution in [2.75, 3.05) is 19.6 Å². The predicted molar refractivity (Wildman–Crippen MR) is 101 cm³/mol. The van der Waals surface area contributed by atoms with E-state index in [9.17, 15) is 9.59 Å². The molecule has 6 nitrogen and oxygen atoms in total. The van der Waals surface area contributed by atoms with Crippen molar-refractivity contribution in [2.24, 2.45) is 0 Å². The number of hydrogen-bond donors (Lipinski definition) is 1. The first-order valence-electron chi connectivity index (χ1n) is 8.39. The molecule has 138 valence electrons. The minimum absolute atomic E-state index is 0. The fourth-order valence-corrected chi connectivity index (χ4v) is 3.42. The van der Waals surface area contributed by atoms with Crippen molar-refractivity contribution in [3.05, 3.63) is 33.8 Å². The molecule has 1 aliphatic heterocycles. The Hall–Kier alpha value is -1.50. The molecule has 2 heterocycles. The highest BCUT2D eigenvalue weighted by atomic mass is 35.5. The Morgan fingerprint density at radius 1 is 1.48 bits per heavy atom. The van der Waals surface area contributed by atoms with Crippen LogP contribution in [0.3, 0.4) is 0 Å². The summed E-state index contributed by atoms with van der Waals surface area (Å²) in [5.41, 5.74) is 1.12. The number of amides is 1. The number of hydrogen-bond acceptors (Lipinski definition) is 4. The molecule has 0 saturated carbocycles. The molecule has 25 heavy (non-hydrogen) atoms. The number of carbonyl (C=O) groups excluding carboxylic acids is 1. The fraction of sp³-hybridized carbons (Fsp3) is 0.529. The van der Waals surface area contributed by atoms with Crippen LogP contribution >= 0.6 is 24.0 Å². The van der Waals surface area contributed by atoms with E-state index < -0.39 is 5.76 Å². The molecule has 1 fully saturated rings. The number of aryl methyl sites for hydroxylation is 1. The monoisotopic (exact) mass is 387 g/mol. The average molecular weight is 388 g/mol. The first-order valence-corrected chi connectivity index (χ1v) is 8.77. The van der Waals surface area contributed by atoms with Crippen LogP contribution in [0.25, 0.3) is 11.1 Å². The summed E-state index contributed by atoms with van der Waals surface area (Å²) in [6.45, 7) is 4.93. The van der Waals surface area contributed by atoms with E-state index in [4.69, 9.17) is 16.0 Å². The fourth-order valence-electron chi connectivity index (χ4n) is 3.26. The van der Waals surface area contributed by atoms with Crippen molar-refractivity contribution < 1.29 is 9.21 Å². The molecule has 1 amide bonds. The number of halogens is 2.